The topological polar surface area (TPSA) is 90.2 Å². The minimum absolute atomic E-state index is 0.250. The Morgan fingerprint density at radius 1 is 0.286 bits per heavy atom. The highest BCUT2D eigenvalue weighted by Gasteiger charge is 2.08. The predicted octanol–water partition coefficient (Wildman–Crippen LogP) is 11.8. The van der Waals surface area contributed by atoms with Crippen LogP contribution in [0.2, 0.25) is 0 Å². The molecule has 0 aliphatic rings. The van der Waals surface area contributed by atoms with Gasteiger partial charge in [0.05, 0.1) is 0 Å². The van der Waals surface area contributed by atoms with Crippen LogP contribution in [0.3, 0.4) is 0 Å². The number of hydrogen-bond acceptors (Lipinski definition) is 5. The second-order valence-corrected chi connectivity index (χ2v) is 14.8. The van der Waals surface area contributed by atoms with Gasteiger partial charge in [-0.1, -0.05) is 140 Å². The van der Waals surface area contributed by atoms with E-state index in [9.17, 15) is 0 Å². The number of unbranched alkanes of at least 4 members (excludes halogenated alkanes) is 22. The van der Waals surface area contributed by atoms with Crippen LogP contribution < -0.4 is 0 Å². The summed E-state index contributed by atoms with van der Waals surface area (Å²) in [5, 5.41) is 36.4. The van der Waals surface area contributed by atoms with E-state index in [1.807, 2.05) is 0 Å². The predicted molar refractivity (Wildman–Crippen MR) is 212 cm³/mol. The van der Waals surface area contributed by atoms with E-state index in [4.69, 9.17) is 25.2 Å². The van der Waals surface area contributed by atoms with Gasteiger partial charge in [-0.15, -0.1) is 0 Å². The zero-order chi connectivity index (χ0) is 35.6. The van der Waals surface area contributed by atoms with Gasteiger partial charge in [-0.3, -0.25) is 0 Å². The average molecular weight is 695 g/mol. The monoisotopic (exact) mass is 695 g/mol. The van der Waals surface area contributed by atoms with Gasteiger partial charge in [-0.2, -0.15) is 0 Å². The Hall–Kier alpha value is -0.720. The fraction of sp³-hybridized carbons (Fsp3) is 0.909. The van der Waals surface area contributed by atoms with Crippen molar-refractivity contribution in [3.8, 4) is 0 Å². The van der Waals surface area contributed by atoms with Crippen molar-refractivity contribution < 1.29 is 25.2 Å². The molecule has 0 bridgehead atoms. The van der Waals surface area contributed by atoms with Crippen molar-refractivity contribution in [2.24, 2.45) is 11.8 Å². The lowest BCUT2D eigenvalue weighted by Crippen LogP contribution is -2.05. The van der Waals surface area contributed by atoms with Crippen LogP contribution >= 0.6 is 0 Å². The molecule has 0 aliphatic heterocycles. The summed E-state index contributed by atoms with van der Waals surface area (Å²) in [6.45, 7) is 2.89. The average Bonchev–Trinajstić information content (AvgIpc) is 3.10. The van der Waals surface area contributed by atoms with E-state index >= 15 is 0 Å². The fourth-order valence-electron chi connectivity index (χ4n) is 6.97. The van der Waals surface area contributed by atoms with Crippen molar-refractivity contribution in [1.82, 2.24) is 0 Å². The molecule has 4 N–H and O–H groups in total. The smallest absolute Gasteiger partial charge is 0.0466 e. The Balaban J connectivity index is 3.23. The van der Waals surface area contributed by atoms with Crippen LogP contribution in [0.5, 0.6) is 0 Å². The summed E-state index contributed by atoms with van der Waals surface area (Å²) < 4.78 is 5.87. The standard InChI is InChI=1S/C44H86O5/c45-37-33-43(34-38-46)31-27-23-19-15-11-7-3-1-5-9-13-17-21-25-29-41-49-42-30-26-22-18-14-10-6-2-4-8-12-16-20-24-28-32-44(35-39-47)36-40-48/h1-4,43-48H,5-42H2/b3-1-,4-2-. The molecule has 0 unspecified atom stereocenters. The maximum Gasteiger partial charge on any atom is 0.0466 e. The molecule has 0 saturated heterocycles. The van der Waals surface area contributed by atoms with Gasteiger partial charge in [0, 0.05) is 39.6 Å². The number of ether oxygens (including phenoxy) is 1. The number of aliphatic hydroxyl groups is 4. The third kappa shape index (κ3) is 39.9. The molecule has 0 aromatic rings. The molecular weight excluding hydrogens is 608 g/mol. The molecule has 0 spiro atoms. The van der Waals surface area contributed by atoms with Crippen molar-refractivity contribution >= 4 is 0 Å². The van der Waals surface area contributed by atoms with Gasteiger partial charge in [-0.25, -0.2) is 0 Å². The van der Waals surface area contributed by atoms with E-state index in [2.05, 4.69) is 24.3 Å². The summed E-state index contributed by atoms with van der Waals surface area (Å²) in [6.07, 6.45) is 49.0. The SMILES string of the molecule is OCCC(CCO)CCCCCCC/C=C\CCCCCCCCOCCCCCCCC/C=C\CCCCCCCC(CCO)CCO. The highest BCUT2D eigenvalue weighted by molar-refractivity contribution is 4.82. The second-order valence-electron chi connectivity index (χ2n) is 14.8. The summed E-state index contributed by atoms with van der Waals surface area (Å²) in [7, 11) is 0. The van der Waals surface area contributed by atoms with Crippen molar-refractivity contribution in [3.63, 3.8) is 0 Å². The van der Waals surface area contributed by atoms with Crippen LogP contribution in [0, 0.1) is 11.8 Å². The van der Waals surface area contributed by atoms with E-state index in [1.165, 1.54) is 167 Å². The van der Waals surface area contributed by atoms with Crippen molar-refractivity contribution in [3.05, 3.63) is 24.3 Å². The molecule has 292 valence electrons. The summed E-state index contributed by atoms with van der Waals surface area (Å²) in [5.41, 5.74) is 0. The Labute approximate surface area is 305 Å². The van der Waals surface area contributed by atoms with Crippen molar-refractivity contribution in [2.75, 3.05) is 39.6 Å². The van der Waals surface area contributed by atoms with Crippen LogP contribution in [0.4, 0.5) is 0 Å². The normalized spacial score (nSPS) is 12.2. The maximum absolute atomic E-state index is 9.11. The molecule has 5 heteroatoms. The molecule has 0 rings (SSSR count). The van der Waals surface area contributed by atoms with Gasteiger partial charge in [0.1, 0.15) is 0 Å². The van der Waals surface area contributed by atoms with E-state index < -0.39 is 0 Å². The molecule has 0 saturated carbocycles. The molecule has 0 amide bonds. The van der Waals surface area contributed by atoms with E-state index in [0.717, 1.165) is 51.7 Å². The second kappa shape index (κ2) is 43.4. The van der Waals surface area contributed by atoms with Gasteiger partial charge in [0.2, 0.25) is 0 Å². The number of hydrogen-bond donors (Lipinski definition) is 4. The largest absolute Gasteiger partial charge is 0.396 e. The third-order valence-corrected chi connectivity index (χ3v) is 10.3. The summed E-state index contributed by atoms with van der Waals surface area (Å²) in [5.74, 6) is 1.00. The minimum atomic E-state index is 0.250. The number of rotatable bonds is 42. The van der Waals surface area contributed by atoms with Crippen molar-refractivity contribution in [1.29, 1.82) is 0 Å². The highest BCUT2D eigenvalue weighted by atomic mass is 16.5. The Bertz CT molecular complexity index is 585. The lowest BCUT2D eigenvalue weighted by Gasteiger charge is -2.13. The van der Waals surface area contributed by atoms with E-state index in [-0.39, 0.29) is 26.4 Å². The maximum atomic E-state index is 9.11. The molecule has 0 fully saturated rings. The summed E-state index contributed by atoms with van der Waals surface area (Å²) >= 11 is 0. The molecular formula is C44H86O5. The number of aliphatic hydroxyl groups excluding tert-OH is 4. The van der Waals surface area contributed by atoms with Gasteiger partial charge in [0.15, 0.2) is 0 Å². The first-order valence-corrected chi connectivity index (χ1v) is 21.6. The Morgan fingerprint density at radius 2 is 0.531 bits per heavy atom. The molecule has 0 heterocycles. The van der Waals surface area contributed by atoms with Crippen LogP contribution in [0.1, 0.15) is 205 Å². The lowest BCUT2D eigenvalue weighted by atomic mass is 9.95. The Morgan fingerprint density at radius 3 is 0.816 bits per heavy atom. The first-order valence-electron chi connectivity index (χ1n) is 21.6. The molecule has 0 aromatic carbocycles. The quantitative estimate of drug-likeness (QED) is 0.0377. The molecule has 49 heavy (non-hydrogen) atoms. The highest BCUT2D eigenvalue weighted by Crippen LogP contribution is 2.19. The first kappa shape index (κ1) is 48.3. The van der Waals surface area contributed by atoms with Gasteiger partial charge in [-0.05, 0) is 102 Å². The van der Waals surface area contributed by atoms with E-state index in [1.54, 1.807) is 0 Å². The lowest BCUT2D eigenvalue weighted by molar-refractivity contribution is 0.125. The van der Waals surface area contributed by atoms with Crippen LogP contribution in [-0.4, -0.2) is 60.1 Å². The first-order chi connectivity index (χ1) is 24.3. The molecule has 0 aromatic heterocycles. The molecule has 0 aliphatic carbocycles. The van der Waals surface area contributed by atoms with Gasteiger partial charge < -0.3 is 25.2 Å². The number of allylic oxidation sites excluding steroid dienone is 4. The van der Waals surface area contributed by atoms with Crippen molar-refractivity contribution in [2.45, 2.75) is 205 Å². The summed E-state index contributed by atoms with van der Waals surface area (Å²) in [4.78, 5) is 0. The minimum Gasteiger partial charge on any atom is -0.396 e. The molecule has 5 nitrogen and oxygen atoms in total. The van der Waals surface area contributed by atoms with Crippen LogP contribution in [0.25, 0.3) is 0 Å². The van der Waals surface area contributed by atoms with Crippen LogP contribution in [-0.2, 0) is 4.74 Å². The molecule has 0 atom stereocenters. The molecule has 0 radical (unpaired) electrons. The van der Waals surface area contributed by atoms with Gasteiger partial charge in [0.25, 0.3) is 0 Å². The third-order valence-electron chi connectivity index (χ3n) is 10.3. The van der Waals surface area contributed by atoms with E-state index in [0.29, 0.717) is 11.8 Å². The van der Waals surface area contributed by atoms with Crippen LogP contribution in [0.15, 0.2) is 24.3 Å². The zero-order valence-electron chi connectivity index (χ0n) is 32.5. The summed E-state index contributed by atoms with van der Waals surface area (Å²) in [6, 6.07) is 0. The van der Waals surface area contributed by atoms with Gasteiger partial charge >= 0.3 is 0 Å². The Kier molecular flexibility index (Phi) is 42.8. The fourth-order valence-corrected chi connectivity index (χ4v) is 6.97. The zero-order valence-corrected chi connectivity index (χ0v) is 32.5.